The maximum atomic E-state index is 13.2. The molecule has 5 nitrogen and oxygen atoms in total. The molecular weight excluding hydrogens is 374 g/mol. The van der Waals surface area contributed by atoms with Gasteiger partial charge in [-0.2, -0.15) is 0 Å². The van der Waals surface area contributed by atoms with Crippen molar-refractivity contribution < 1.29 is 9.53 Å². The van der Waals surface area contributed by atoms with Crippen molar-refractivity contribution in [3.05, 3.63) is 77.5 Å². The van der Waals surface area contributed by atoms with Crippen LogP contribution >= 0.6 is 0 Å². The van der Waals surface area contributed by atoms with Crippen LogP contribution in [0, 0.1) is 0 Å². The monoisotopic (exact) mass is 401 g/mol. The van der Waals surface area contributed by atoms with Crippen molar-refractivity contribution in [3.8, 4) is 16.9 Å². The van der Waals surface area contributed by atoms with E-state index in [2.05, 4.69) is 31.8 Å². The summed E-state index contributed by atoms with van der Waals surface area (Å²) in [5.41, 5.74) is 10.7. The van der Waals surface area contributed by atoms with Crippen molar-refractivity contribution in [2.75, 3.05) is 18.9 Å². The van der Waals surface area contributed by atoms with Crippen LogP contribution in [0.5, 0.6) is 5.75 Å². The van der Waals surface area contributed by atoms with Crippen LogP contribution in [0.3, 0.4) is 0 Å². The number of carbonyl (C=O) groups is 1. The van der Waals surface area contributed by atoms with Gasteiger partial charge in [-0.15, -0.1) is 0 Å². The molecule has 5 heteroatoms. The Labute approximate surface area is 177 Å². The van der Waals surface area contributed by atoms with Crippen LogP contribution in [-0.4, -0.2) is 28.9 Å². The largest absolute Gasteiger partial charge is 0.491 e. The highest BCUT2D eigenvalue weighted by atomic mass is 16.5. The van der Waals surface area contributed by atoms with Gasteiger partial charge in [-0.25, -0.2) is 4.98 Å². The summed E-state index contributed by atoms with van der Waals surface area (Å²) >= 11 is 0. The molecule has 0 aliphatic carbocycles. The quantitative estimate of drug-likeness (QED) is 0.678. The third-order valence-corrected chi connectivity index (χ3v) is 5.45. The first-order valence-corrected chi connectivity index (χ1v) is 10.2. The Bertz CT molecular complexity index is 1050. The van der Waals surface area contributed by atoms with E-state index in [9.17, 15) is 4.79 Å². The number of ether oxygens (including phenoxy) is 1. The van der Waals surface area contributed by atoms with Gasteiger partial charge in [-0.1, -0.05) is 39.0 Å². The van der Waals surface area contributed by atoms with Crippen LogP contribution in [0.2, 0.25) is 0 Å². The zero-order chi connectivity index (χ0) is 21.3. The van der Waals surface area contributed by atoms with Gasteiger partial charge in [0.25, 0.3) is 5.91 Å². The molecule has 0 saturated carbocycles. The minimum atomic E-state index is 0.0199. The molecule has 0 atom stereocenters. The second-order valence-electron chi connectivity index (χ2n) is 8.70. The van der Waals surface area contributed by atoms with Crippen molar-refractivity contribution in [1.29, 1.82) is 0 Å². The summed E-state index contributed by atoms with van der Waals surface area (Å²) in [5, 5.41) is 0. The fourth-order valence-electron chi connectivity index (χ4n) is 3.62. The molecule has 0 radical (unpaired) electrons. The smallest absolute Gasteiger partial charge is 0.254 e. The third-order valence-electron chi connectivity index (χ3n) is 5.45. The highest BCUT2D eigenvalue weighted by Gasteiger charge is 2.22. The van der Waals surface area contributed by atoms with Gasteiger partial charge < -0.3 is 15.4 Å². The van der Waals surface area contributed by atoms with Gasteiger partial charge in [0, 0.05) is 29.4 Å². The fourth-order valence-corrected chi connectivity index (χ4v) is 3.62. The lowest BCUT2D eigenvalue weighted by Gasteiger charge is -2.22. The van der Waals surface area contributed by atoms with Crippen LogP contribution in [-0.2, 0) is 12.0 Å². The standard InChI is InChI=1S/C25H27N3O2/c1-25(2,3)21-8-4-17(5-9-21)24(29)28-12-13-30-22-10-6-18(14-20(22)16-28)19-7-11-23(26)27-15-19/h4-11,14-15H,12-13,16H2,1-3H3,(H2,26,27). The van der Waals surface area contributed by atoms with Gasteiger partial charge in [0.15, 0.2) is 0 Å². The number of nitrogens with two attached hydrogens (primary N) is 1. The maximum Gasteiger partial charge on any atom is 0.254 e. The molecule has 0 fully saturated rings. The molecule has 0 unspecified atom stereocenters. The first-order chi connectivity index (χ1) is 14.3. The van der Waals surface area contributed by atoms with E-state index in [4.69, 9.17) is 10.5 Å². The van der Waals surface area contributed by atoms with E-state index in [0.29, 0.717) is 31.1 Å². The van der Waals surface area contributed by atoms with Crippen LogP contribution in [0.4, 0.5) is 5.82 Å². The number of fused-ring (bicyclic) bond motifs is 1. The molecule has 2 N–H and O–H groups in total. The Balaban J connectivity index is 1.58. The predicted molar refractivity (Wildman–Crippen MR) is 119 cm³/mol. The van der Waals surface area contributed by atoms with Gasteiger partial charge in [0.05, 0.1) is 6.54 Å². The first-order valence-electron chi connectivity index (χ1n) is 10.2. The summed E-state index contributed by atoms with van der Waals surface area (Å²) in [6, 6.07) is 17.7. The number of rotatable bonds is 2. The Kier molecular flexibility index (Phi) is 5.20. The van der Waals surface area contributed by atoms with Gasteiger partial charge in [0.1, 0.15) is 18.2 Å². The lowest BCUT2D eigenvalue weighted by molar-refractivity contribution is 0.0733. The molecule has 3 aromatic rings. The SMILES string of the molecule is CC(C)(C)c1ccc(C(=O)N2CCOc3ccc(-c4ccc(N)nc4)cc3C2)cc1. The van der Waals surface area contributed by atoms with Crippen LogP contribution in [0.1, 0.15) is 42.3 Å². The lowest BCUT2D eigenvalue weighted by atomic mass is 9.86. The number of carbonyl (C=O) groups excluding carboxylic acids is 1. The summed E-state index contributed by atoms with van der Waals surface area (Å²) in [5.74, 6) is 1.33. The van der Waals surface area contributed by atoms with E-state index in [1.54, 1.807) is 12.3 Å². The summed E-state index contributed by atoms with van der Waals surface area (Å²) < 4.78 is 5.91. The van der Waals surface area contributed by atoms with Crippen LogP contribution in [0.25, 0.3) is 11.1 Å². The summed E-state index contributed by atoms with van der Waals surface area (Å²) in [7, 11) is 0. The maximum absolute atomic E-state index is 13.2. The average Bonchev–Trinajstić information content (AvgIpc) is 2.95. The normalized spacial score (nSPS) is 13.9. The second kappa shape index (κ2) is 7.82. The zero-order valence-electron chi connectivity index (χ0n) is 17.7. The minimum absolute atomic E-state index is 0.0199. The molecule has 4 rings (SSSR count). The van der Waals surface area contributed by atoms with E-state index in [0.717, 1.165) is 22.4 Å². The van der Waals surface area contributed by atoms with Gasteiger partial charge >= 0.3 is 0 Å². The zero-order valence-corrected chi connectivity index (χ0v) is 17.7. The summed E-state index contributed by atoms with van der Waals surface area (Å²) in [6.45, 7) is 8.03. The van der Waals surface area contributed by atoms with E-state index < -0.39 is 0 Å². The third kappa shape index (κ3) is 4.15. The number of nitrogen functional groups attached to an aromatic ring is 1. The Hall–Kier alpha value is -3.34. The van der Waals surface area contributed by atoms with Crippen LogP contribution < -0.4 is 10.5 Å². The molecule has 0 saturated heterocycles. The number of aromatic nitrogens is 1. The number of benzene rings is 2. The average molecular weight is 402 g/mol. The van der Waals surface area contributed by atoms with Gasteiger partial charge in [0.2, 0.25) is 0 Å². The van der Waals surface area contributed by atoms with Gasteiger partial charge in [-0.05, 0) is 52.9 Å². The lowest BCUT2D eigenvalue weighted by Crippen LogP contribution is -2.32. The first kappa shape index (κ1) is 20.0. The van der Waals surface area contributed by atoms with Crippen molar-refractivity contribution in [2.45, 2.75) is 32.7 Å². The van der Waals surface area contributed by atoms with Crippen LogP contribution in [0.15, 0.2) is 60.8 Å². The molecule has 2 heterocycles. The molecular formula is C25H27N3O2. The van der Waals surface area contributed by atoms with E-state index >= 15 is 0 Å². The van der Waals surface area contributed by atoms with E-state index in [1.807, 2.05) is 47.4 Å². The van der Waals surface area contributed by atoms with Crippen molar-refractivity contribution >= 4 is 11.7 Å². The molecule has 1 amide bonds. The molecule has 1 aliphatic heterocycles. The Morgan fingerprint density at radius 3 is 2.43 bits per heavy atom. The molecule has 30 heavy (non-hydrogen) atoms. The molecule has 1 aromatic heterocycles. The molecule has 0 spiro atoms. The molecule has 0 bridgehead atoms. The van der Waals surface area contributed by atoms with E-state index in [1.165, 1.54) is 5.56 Å². The predicted octanol–water partition coefficient (Wildman–Crippen LogP) is 4.66. The second-order valence-corrected chi connectivity index (χ2v) is 8.70. The fraction of sp³-hybridized carbons (Fsp3) is 0.280. The van der Waals surface area contributed by atoms with Crippen molar-refractivity contribution in [2.24, 2.45) is 0 Å². The minimum Gasteiger partial charge on any atom is -0.491 e. The van der Waals surface area contributed by atoms with Crippen molar-refractivity contribution in [1.82, 2.24) is 9.88 Å². The number of hydrogen-bond acceptors (Lipinski definition) is 4. The van der Waals surface area contributed by atoms with Crippen molar-refractivity contribution in [3.63, 3.8) is 0 Å². The highest BCUT2D eigenvalue weighted by Crippen LogP contribution is 2.30. The molecule has 154 valence electrons. The summed E-state index contributed by atoms with van der Waals surface area (Å²) in [6.07, 6.45) is 1.76. The Morgan fingerprint density at radius 1 is 1.03 bits per heavy atom. The molecule has 1 aliphatic rings. The number of nitrogens with zero attached hydrogens (tertiary/aromatic N) is 2. The number of hydrogen-bond donors (Lipinski definition) is 1. The highest BCUT2D eigenvalue weighted by molar-refractivity contribution is 5.94. The van der Waals surface area contributed by atoms with Gasteiger partial charge in [-0.3, -0.25) is 4.79 Å². The summed E-state index contributed by atoms with van der Waals surface area (Å²) in [4.78, 5) is 19.2. The number of anilines is 1. The topological polar surface area (TPSA) is 68.5 Å². The number of amides is 1. The van der Waals surface area contributed by atoms with E-state index in [-0.39, 0.29) is 11.3 Å². The molecule has 2 aromatic carbocycles. The Morgan fingerprint density at radius 2 is 1.77 bits per heavy atom. The number of pyridine rings is 1.